The van der Waals surface area contributed by atoms with Crippen LogP contribution >= 0.6 is 0 Å². The van der Waals surface area contributed by atoms with E-state index in [2.05, 4.69) is 12.2 Å². The van der Waals surface area contributed by atoms with E-state index >= 15 is 0 Å². The van der Waals surface area contributed by atoms with E-state index < -0.39 is 0 Å². The molecule has 0 aliphatic carbocycles. The van der Waals surface area contributed by atoms with E-state index in [1.807, 2.05) is 19.1 Å². The van der Waals surface area contributed by atoms with E-state index in [9.17, 15) is 5.11 Å². The first kappa shape index (κ1) is 12.4. The van der Waals surface area contributed by atoms with Crippen LogP contribution in [0.1, 0.15) is 30.5 Å². The fraction of sp³-hybridized carbons (Fsp3) is 0.571. The molecule has 3 heteroatoms. The second-order valence-corrected chi connectivity index (χ2v) is 4.92. The molecule has 2 rings (SSSR count). The van der Waals surface area contributed by atoms with Gasteiger partial charge < -0.3 is 15.2 Å². The van der Waals surface area contributed by atoms with Crippen molar-refractivity contribution >= 4 is 0 Å². The molecule has 0 spiro atoms. The lowest BCUT2D eigenvalue weighted by molar-refractivity contribution is 0.184. The maximum atomic E-state index is 9.83. The Balaban J connectivity index is 1.93. The summed E-state index contributed by atoms with van der Waals surface area (Å²) >= 11 is 0. The van der Waals surface area contributed by atoms with Crippen molar-refractivity contribution < 1.29 is 9.84 Å². The van der Waals surface area contributed by atoms with Crippen molar-refractivity contribution in [2.24, 2.45) is 5.92 Å². The molecule has 2 N–H and O–H groups in total. The van der Waals surface area contributed by atoms with Gasteiger partial charge in [-0.1, -0.05) is 17.7 Å². The van der Waals surface area contributed by atoms with Gasteiger partial charge in [0, 0.05) is 24.8 Å². The highest BCUT2D eigenvalue weighted by Crippen LogP contribution is 2.25. The van der Waals surface area contributed by atoms with Gasteiger partial charge in [-0.25, -0.2) is 0 Å². The number of aromatic hydroxyl groups is 1. The predicted molar refractivity (Wildman–Crippen MR) is 68.2 cm³/mol. The van der Waals surface area contributed by atoms with Crippen molar-refractivity contribution in [3.05, 3.63) is 29.3 Å². The molecule has 1 saturated heterocycles. The van der Waals surface area contributed by atoms with Crippen LogP contribution in [-0.2, 0) is 4.74 Å². The van der Waals surface area contributed by atoms with E-state index in [0.717, 1.165) is 31.7 Å². The highest BCUT2D eigenvalue weighted by molar-refractivity contribution is 5.37. The molecule has 1 aromatic rings. The Morgan fingerprint density at radius 3 is 3.06 bits per heavy atom. The minimum atomic E-state index is 0.176. The fourth-order valence-electron chi connectivity index (χ4n) is 2.22. The summed E-state index contributed by atoms with van der Waals surface area (Å²) in [5, 5.41) is 13.3. The molecule has 17 heavy (non-hydrogen) atoms. The van der Waals surface area contributed by atoms with Crippen LogP contribution in [0.15, 0.2) is 18.2 Å². The number of phenols is 1. The van der Waals surface area contributed by atoms with Crippen molar-refractivity contribution in [1.29, 1.82) is 0 Å². The standard InChI is InChI=1S/C14H21NO2/c1-10-3-4-14(16)13(7-10)11(2)15-8-12-5-6-17-9-12/h3-4,7,11-12,15-16H,5-6,8-9H2,1-2H3. The number of aryl methyl sites for hydroxylation is 1. The number of phenolic OH excluding ortho intramolecular Hbond substituents is 1. The monoisotopic (exact) mass is 235 g/mol. The van der Waals surface area contributed by atoms with Crippen LogP contribution in [0.2, 0.25) is 0 Å². The van der Waals surface area contributed by atoms with Gasteiger partial charge in [0.05, 0.1) is 6.61 Å². The predicted octanol–water partition coefficient (Wildman–Crippen LogP) is 2.39. The number of ether oxygens (including phenoxy) is 1. The quantitative estimate of drug-likeness (QED) is 0.842. The summed E-state index contributed by atoms with van der Waals surface area (Å²) in [6, 6.07) is 5.91. The maximum Gasteiger partial charge on any atom is 0.120 e. The summed E-state index contributed by atoms with van der Waals surface area (Å²) in [4.78, 5) is 0. The summed E-state index contributed by atoms with van der Waals surface area (Å²) < 4.78 is 5.35. The van der Waals surface area contributed by atoms with Gasteiger partial charge in [0.2, 0.25) is 0 Å². The topological polar surface area (TPSA) is 41.5 Å². The van der Waals surface area contributed by atoms with Crippen LogP contribution in [-0.4, -0.2) is 24.9 Å². The van der Waals surface area contributed by atoms with Gasteiger partial charge in [-0.15, -0.1) is 0 Å². The number of hydrogen-bond donors (Lipinski definition) is 2. The molecule has 1 aliphatic heterocycles. The molecule has 3 nitrogen and oxygen atoms in total. The molecule has 1 fully saturated rings. The van der Waals surface area contributed by atoms with Crippen molar-refractivity contribution in [3.63, 3.8) is 0 Å². The highest BCUT2D eigenvalue weighted by atomic mass is 16.5. The number of rotatable bonds is 4. The van der Waals surface area contributed by atoms with Gasteiger partial charge >= 0.3 is 0 Å². The minimum Gasteiger partial charge on any atom is -0.508 e. The average molecular weight is 235 g/mol. The van der Waals surface area contributed by atoms with Crippen molar-refractivity contribution in [1.82, 2.24) is 5.32 Å². The smallest absolute Gasteiger partial charge is 0.120 e. The lowest BCUT2D eigenvalue weighted by Gasteiger charge is -2.18. The molecule has 1 heterocycles. The molecule has 0 aromatic heterocycles. The Morgan fingerprint density at radius 1 is 1.53 bits per heavy atom. The molecule has 1 aliphatic rings. The first-order chi connectivity index (χ1) is 8.16. The molecule has 0 amide bonds. The Labute approximate surface area is 103 Å². The van der Waals surface area contributed by atoms with E-state index in [1.165, 1.54) is 5.56 Å². The fourth-order valence-corrected chi connectivity index (χ4v) is 2.22. The molecule has 2 unspecified atom stereocenters. The van der Waals surface area contributed by atoms with Crippen molar-refractivity contribution in [3.8, 4) is 5.75 Å². The third kappa shape index (κ3) is 3.20. The molecular weight excluding hydrogens is 214 g/mol. The van der Waals surface area contributed by atoms with E-state index in [-0.39, 0.29) is 6.04 Å². The lowest BCUT2D eigenvalue weighted by Crippen LogP contribution is -2.26. The Kier molecular flexibility index (Phi) is 4.02. The summed E-state index contributed by atoms with van der Waals surface area (Å²) in [6.45, 7) is 6.83. The van der Waals surface area contributed by atoms with E-state index in [1.54, 1.807) is 6.07 Å². The third-order valence-corrected chi connectivity index (χ3v) is 3.39. The van der Waals surface area contributed by atoms with Gasteiger partial charge in [-0.2, -0.15) is 0 Å². The normalized spacial score (nSPS) is 21.6. The summed E-state index contributed by atoms with van der Waals surface area (Å²) in [7, 11) is 0. The number of hydrogen-bond acceptors (Lipinski definition) is 3. The zero-order chi connectivity index (χ0) is 12.3. The molecule has 0 radical (unpaired) electrons. The lowest BCUT2D eigenvalue weighted by atomic mass is 10.0. The zero-order valence-electron chi connectivity index (χ0n) is 10.6. The first-order valence-electron chi connectivity index (χ1n) is 6.27. The molecule has 94 valence electrons. The average Bonchev–Trinajstić information content (AvgIpc) is 2.82. The Morgan fingerprint density at radius 2 is 2.35 bits per heavy atom. The van der Waals surface area contributed by atoms with Gasteiger partial charge in [-0.3, -0.25) is 0 Å². The van der Waals surface area contributed by atoms with Crippen LogP contribution in [0.4, 0.5) is 0 Å². The highest BCUT2D eigenvalue weighted by Gasteiger charge is 2.17. The van der Waals surface area contributed by atoms with Crippen molar-refractivity contribution in [2.45, 2.75) is 26.3 Å². The van der Waals surface area contributed by atoms with Crippen LogP contribution < -0.4 is 5.32 Å². The SMILES string of the molecule is Cc1ccc(O)c(C(C)NCC2CCOC2)c1. The second kappa shape index (κ2) is 5.52. The molecule has 1 aromatic carbocycles. The van der Waals surface area contributed by atoms with Crippen molar-refractivity contribution in [2.75, 3.05) is 19.8 Å². The molecule has 2 atom stereocenters. The summed E-state index contributed by atoms with van der Waals surface area (Å²) in [5.41, 5.74) is 2.15. The first-order valence-corrected chi connectivity index (χ1v) is 6.27. The maximum absolute atomic E-state index is 9.83. The Hall–Kier alpha value is -1.06. The van der Waals surface area contributed by atoms with E-state index in [0.29, 0.717) is 11.7 Å². The second-order valence-electron chi connectivity index (χ2n) is 4.92. The van der Waals surface area contributed by atoms with Gasteiger partial charge in [0.25, 0.3) is 0 Å². The zero-order valence-corrected chi connectivity index (χ0v) is 10.6. The van der Waals surface area contributed by atoms with Gasteiger partial charge in [0.15, 0.2) is 0 Å². The third-order valence-electron chi connectivity index (χ3n) is 3.39. The molecule has 0 saturated carbocycles. The van der Waals surface area contributed by atoms with Crippen LogP contribution in [0, 0.1) is 12.8 Å². The van der Waals surface area contributed by atoms with E-state index in [4.69, 9.17) is 4.74 Å². The molecule has 0 bridgehead atoms. The molecular formula is C14H21NO2. The van der Waals surface area contributed by atoms with Crippen LogP contribution in [0.3, 0.4) is 0 Å². The van der Waals surface area contributed by atoms with Crippen LogP contribution in [0.5, 0.6) is 5.75 Å². The number of nitrogens with one attached hydrogen (secondary N) is 1. The van der Waals surface area contributed by atoms with Gasteiger partial charge in [-0.05, 0) is 32.3 Å². The van der Waals surface area contributed by atoms with Gasteiger partial charge in [0.1, 0.15) is 5.75 Å². The summed E-state index contributed by atoms with van der Waals surface area (Å²) in [5.74, 6) is 0.989. The minimum absolute atomic E-state index is 0.176. The largest absolute Gasteiger partial charge is 0.508 e. The van der Waals surface area contributed by atoms with Crippen LogP contribution in [0.25, 0.3) is 0 Å². The Bertz CT molecular complexity index is 372. The number of benzene rings is 1. The summed E-state index contributed by atoms with van der Waals surface area (Å²) in [6.07, 6.45) is 1.14.